The molecule has 2 aromatic carbocycles. The van der Waals surface area contributed by atoms with E-state index in [9.17, 15) is 4.79 Å². The molecule has 2 heterocycles. The molecule has 1 amide bonds. The molecule has 6 heteroatoms. The highest BCUT2D eigenvalue weighted by atomic mass is 16.5. The van der Waals surface area contributed by atoms with Crippen molar-refractivity contribution in [3.05, 3.63) is 66.2 Å². The predicted octanol–water partition coefficient (Wildman–Crippen LogP) is 4.36. The van der Waals surface area contributed by atoms with Gasteiger partial charge in [0.05, 0.1) is 18.7 Å². The van der Waals surface area contributed by atoms with Crippen LogP contribution in [0, 0.1) is 0 Å². The monoisotopic (exact) mass is 418 g/mol. The maximum atomic E-state index is 12.8. The van der Waals surface area contributed by atoms with Crippen LogP contribution in [0.4, 0.5) is 5.82 Å². The molecule has 2 N–H and O–H groups in total. The van der Waals surface area contributed by atoms with E-state index in [-0.39, 0.29) is 17.9 Å². The summed E-state index contributed by atoms with van der Waals surface area (Å²) in [5.74, 6) is 1.84. The van der Waals surface area contributed by atoms with Crippen LogP contribution in [0.1, 0.15) is 37.7 Å². The highest BCUT2D eigenvalue weighted by Gasteiger charge is 2.25. The minimum Gasteiger partial charge on any atom is -0.497 e. The Hall–Kier alpha value is -3.28. The predicted molar refractivity (Wildman–Crippen MR) is 123 cm³/mol. The molecule has 3 aromatic rings. The second-order valence-corrected chi connectivity index (χ2v) is 8.01. The Morgan fingerprint density at radius 1 is 1.16 bits per heavy atom. The maximum Gasteiger partial charge on any atom is 0.227 e. The molecule has 0 bridgehead atoms. The second kappa shape index (κ2) is 9.69. The van der Waals surface area contributed by atoms with Crippen molar-refractivity contribution in [2.24, 2.45) is 0 Å². The van der Waals surface area contributed by atoms with E-state index in [0.29, 0.717) is 0 Å². The largest absolute Gasteiger partial charge is 0.497 e. The first-order chi connectivity index (χ1) is 15.2. The quantitative estimate of drug-likeness (QED) is 0.598. The van der Waals surface area contributed by atoms with Crippen molar-refractivity contribution in [1.82, 2.24) is 15.5 Å². The number of methoxy groups -OCH3 is 1. The Morgan fingerprint density at radius 3 is 2.52 bits per heavy atom. The van der Waals surface area contributed by atoms with Crippen molar-refractivity contribution in [1.29, 1.82) is 0 Å². The number of H-pyrrole nitrogens is 1. The third-order valence-electron chi connectivity index (χ3n) is 6.06. The first kappa shape index (κ1) is 21.0. The van der Waals surface area contributed by atoms with Crippen LogP contribution in [0.15, 0.2) is 60.7 Å². The third kappa shape index (κ3) is 4.90. The molecule has 0 aliphatic carbocycles. The molecule has 0 radical (unpaired) electrons. The molecule has 1 aromatic heterocycles. The van der Waals surface area contributed by atoms with E-state index < -0.39 is 0 Å². The second-order valence-electron chi connectivity index (χ2n) is 8.01. The first-order valence-electron chi connectivity index (χ1n) is 11.0. The molecule has 1 aliphatic rings. The third-order valence-corrected chi connectivity index (χ3v) is 6.06. The van der Waals surface area contributed by atoms with E-state index in [1.807, 2.05) is 54.6 Å². The summed E-state index contributed by atoms with van der Waals surface area (Å²) < 4.78 is 5.23. The van der Waals surface area contributed by atoms with Gasteiger partial charge in [-0.1, -0.05) is 37.3 Å². The first-order valence-corrected chi connectivity index (χ1v) is 11.0. The van der Waals surface area contributed by atoms with Gasteiger partial charge in [0.15, 0.2) is 5.82 Å². The topological polar surface area (TPSA) is 70.2 Å². The van der Waals surface area contributed by atoms with Gasteiger partial charge in [0.25, 0.3) is 0 Å². The fourth-order valence-corrected chi connectivity index (χ4v) is 4.20. The van der Waals surface area contributed by atoms with Crippen molar-refractivity contribution >= 4 is 11.7 Å². The number of piperidine rings is 1. The zero-order valence-electron chi connectivity index (χ0n) is 18.2. The lowest BCUT2D eigenvalue weighted by molar-refractivity contribution is -0.123. The fraction of sp³-hybridized carbons (Fsp3) is 0.360. The fourth-order valence-electron chi connectivity index (χ4n) is 4.20. The number of aromatic amines is 1. The number of ether oxygens (including phenoxy) is 1. The minimum atomic E-state index is -0.0855. The van der Waals surface area contributed by atoms with E-state index in [0.717, 1.165) is 60.7 Å². The Labute approximate surface area is 183 Å². The van der Waals surface area contributed by atoms with Crippen molar-refractivity contribution in [2.75, 3.05) is 25.1 Å². The number of carbonyl (C=O) groups is 1. The number of carbonyl (C=O) groups excluding carboxylic acids is 1. The van der Waals surface area contributed by atoms with E-state index in [1.165, 1.54) is 0 Å². The van der Waals surface area contributed by atoms with E-state index in [1.54, 1.807) is 7.11 Å². The number of nitrogens with one attached hydrogen (secondary N) is 2. The Bertz CT molecular complexity index is 976. The maximum absolute atomic E-state index is 12.8. The van der Waals surface area contributed by atoms with Gasteiger partial charge < -0.3 is 15.0 Å². The molecule has 4 rings (SSSR count). The number of benzene rings is 2. The van der Waals surface area contributed by atoms with Crippen LogP contribution in [0.5, 0.6) is 5.75 Å². The summed E-state index contributed by atoms with van der Waals surface area (Å²) in [5, 5.41) is 10.9. The van der Waals surface area contributed by atoms with Crippen LogP contribution < -0.4 is 15.0 Å². The molecule has 1 unspecified atom stereocenters. The van der Waals surface area contributed by atoms with Gasteiger partial charge >= 0.3 is 0 Å². The summed E-state index contributed by atoms with van der Waals surface area (Å²) in [4.78, 5) is 15.1. The number of hydrogen-bond donors (Lipinski definition) is 2. The smallest absolute Gasteiger partial charge is 0.227 e. The lowest BCUT2D eigenvalue weighted by Gasteiger charge is -2.33. The van der Waals surface area contributed by atoms with Crippen molar-refractivity contribution in [3.8, 4) is 17.0 Å². The molecule has 1 atom stereocenters. The molecule has 31 heavy (non-hydrogen) atoms. The normalized spacial score (nSPS) is 15.5. The number of hydrogen-bond acceptors (Lipinski definition) is 4. The summed E-state index contributed by atoms with van der Waals surface area (Å²) in [6, 6.07) is 20.3. The number of amides is 1. The van der Waals surface area contributed by atoms with E-state index >= 15 is 0 Å². The highest BCUT2D eigenvalue weighted by molar-refractivity contribution is 5.83. The van der Waals surface area contributed by atoms with Gasteiger partial charge in [-0.2, -0.15) is 5.10 Å². The Balaban J connectivity index is 1.32. The summed E-state index contributed by atoms with van der Waals surface area (Å²) in [5.41, 5.74) is 3.15. The average Bonchev–Trinajstić information content (AvgIpc) is 3.31. The lowest BCUT2D eigenvalue weighted by atomic mass is 9.94. The Morgan fingerprint density at radius 2 is 1.87 bits per heavy atom. The number of aromatic nitrogens is 2. The molecule has 0 spiro atoms. The molecule has 0 saturated carbocycles. The molecular weight excluding hydrogens is 388 g/mol. The lowest BCUT2D eigenvalue weighted by Crippen LogP contribution is -2.46. The number of nitrogens with zero attached hydrogens (tertiary/aromatic N) is 2. The summed E-state index contributed by atoms with van der Waals surface area (Å²) in [6.07, 6.45) is 2.64. The van der Waals surface area contributed by atoms with Gasteiger partial charge in [-0.15, -0.1) is 0 Å². The number of anilines is 1. The SMILES string of the molecule is CCC(C(=O)NC1CCN(c2cc(-c3ccc(OC)cc3)[nH]n2)CC1)c1ccccc1. The molecular formula is C25H30N4O2. The zero-order valence-corrected chi connectivity index (χ0v) is 18.2. The van der Waals surface area contributed by atoms with Gasteiger partial charge in [0, 0.05) is 25.2 Å². The molecule has 1 saturated heterocycles. The standard InChI is InChI=1S/C25H30N4O2/c1-3-22(18-7-5-4-6-8-18)25(30)26-20-13-15-29(16-14-20)24-17-23(27-28-24)19-9-11-21(31-2)12-10-19/h4-12,17,20,22H,3,13-16H2,1-2H3,(H,26,30)(H,27,28). The Kier molecular flexibility index (Phi) is 6.55. The van der Waals surface area contributed by atoms with Gasteiger partial charge in [0.1, 0.15) is 5.75 Å². The number of rotatable bonds is 7. The molecule has 1 fully saturated rings. The van der Waals surface area contributed by atoms with Gasteiger partial charge in [-0.3, -0.25) is 9.89 Å². The van der Waals surface area contributed by atoms with E-state index in [4.69, 9.17) is 4.74 Å². The van der Waals surface area contributed by atoms with Crippen LogP contribution in [0.2, 0.25) is 0 Å². The van der Waals surface area contributed by atoms with Crippen molar-refractivity contribution < 1.29 is 9.53 Å². The van der Waals surface area contributed by atoms with Crippen LogP contribution in [0.25, 0.3) is 11.3 Å². The van der Waals surface area contributed by atoms with Crippen LogP contribution in [-0.4, -0.2) is 42.3 Å². The zero-order chi connectivity index (χ0) is 21.6. The summed E-state index contributed by atoms with van der Waals surface area (Å²) in [7, 11) is 1.67. The molecule has 162 valence electrons. The van der Waals surface area contributed by atoms with Crippen LogP contribution >= 0.6 is 0 Å². The molecule has 6 nitrogen and oxygen atoms in total. The summed E-state index contributed by atoms with van der Waals surface area (Å²) >= 11 is 0. The van der Waals surface area contributed by atoms with Gasteiger partial charge in [-0.05, 0) is 54.7 Å². The van der Waals surface area contributed by atoms with Crippen molar-refractivity contribution in [2.45, 2.75) is 38.1 Å². The highest BCUT2D eigenvalue weighted by Crippen LogP contribution is 2.26. The van der Waals surface area contributed by atoms with Crippen LogP contribution in [-0.2, 0) is 4.79 Å². The van der Waals surface area contributed by atoms with Crippen molar-refractivity contribution in [3.63, 3.8) is 0 Å². The van der Waals surface area contributed by atoms with Gasteiger partial charge in [-0.25, -0.2) is 0 Å². The summed E-state index contributed by atoms with van der Waals surface area (Å²) in [6.45, 7) is 3.82. The molecule has 1 aliphatic heterocycles. The minimum absolute atomic E-state index is 0.0855. The van der Waals surface area contributed by atoms with Gasteiger partial charge in [0.2, 0.25) is 5.91 Å². The van der Waals surface area contributed by atoms with Crippen LogP contribution in [0.3, 0.4) is 0 Å². The average molecular weight is 419 g/mol. The van der Waals surface area contributed by atoms with E-state index in [2.05, 4.69) is 33.4 Å².